The summed E-state index contributed by atoms with van der Waals surface area (Å²) in [6, 6.07) is 61.4. The molecule has 10 aromatic rings. The van der Waals surface area contributed by atoms with E-state index in [1.807, 2.05) is 0 Å². The lowest BCUT2D eigenvalue weighted by atomic mass is 9.84. The molecule has 1 nitrogen and oxygen atoms in total. The lowest BCUT2D eigenvalue weighted by molar-refractivity contribution is 0.669. The Morgan fingerprint density at radius 3 is 1.21 bits per heavy atom. The first-order chi connectivity index (χ1) is 23.3. The van der Waals surface area contributed by atoms with Crippen LogP contribution >= 0.6 is 0 Å². The van der Waals surface area contributed by atoms with Gasteiger partial charge < -0.3 is 4.42 Å². The summed E-state index contributed by atoms with van der Waals surface area (Å²) in [6.45, 7) is 0. The second-order valence-corrected chi connectivity index (χ2v) is 12.4. The molecular formula is C46H28O. The maximum absolute atomic E-state index is 6.72. The van der Waals surface area contributed by atoms with E-state index in [9.17, 15) is 0 Å². The molecule has 0 spiro atoms. The van der Waals surface area contributed by atoms with Gasteiger partial charge in [0.05, 0.1) is 0 Å². The maximum Gasteiger partial charge on any atom is 0.136 e. The highest BCUT2D eigenvalue weighted by molar-refractivity contribution is 6.28. The number of benzene rings is 9. The standard InChI is InChI=1S/C46H28O/c1-2-14-29(15-3-1)42-34-20-8-10-22-36(34)44(37-23-11-9-21-35(37)42)39-25-13-27-41-46(39)45-38(24-12-26-40(45)47-41)43-32-18-6-4-16-30(32)28-31-17-5-7-19-33(31)43/h1-28H. The van der Waals surface area contributed by atoms with E-state index in [2.05, 4.69) is 170 Å². The topological polar surface area (TPSA) is 13.1 Å². The van der Waals surface area contributed by atoms with Gasteiger partial charge in [-0.15, -0.1) is 0 Å². The van der Waals surface area contributed by atoms with Crippen LogP contribution in [0.3, 0.4) is 0 Å². The van der Waals surface area contributed by atoms with E-state index in [-0.39, 0.29) is 0 Å². The van der Waals surface area contributed by atoms with Crippen LogP contribution in [-0.2, 0) is 0 Å². The van der Waals surface area contributed by atoms with E-state index < -0.39 is 0 Å². The molecule has 0 radical (unpaired) electrons. The quantitative estimate of drug-likeness (QED) is 0.185. The van der Waals surface area contributed by atoms with Crippen molar-refractivity contribution in [3.8, 4) is 33.4 Å². The molecule has 0 N–H and O–H groups in total. The van der Waals surface area contributed by atoms with Crippen LogP contribution in [0, 0.1) is 0 Å². The van der Waals surface area contributed by atoms with Gasteiger partial charge in [-0.2, -0.15) is 0 Å². The predicted molar refractivity (Wildman–Crippen MR) is 200 cm³/mol. The average Bonchev–Trinajstić information content (AvgIpc) is 3.53. The van der Waals surface area contributed by atoms with Crippen LogP contribution in [0.1, 0.15) is 0 Å². The van der Waals surface area contributed by atoms with E-state index in [1.54, 1.807) is 0 Å². The summed E-state index contributed by atoms with van der Waals surface area (Å²) in [5, 5.41) is 12.2. The van der Waals surface area contributed by atoms with Crippen molar-refractivity contribution in [1.29, 1.82) is 0 Å². The van der Waals surface area contributed by atoms with Crippen molar-refractivity contribution in [2.75, 3.05) is 0 Å². The molecule has 0 aliphatic heterocycles. The SMILES string of the molecule is c1ccc(-c2c3ccccc3c(-c3cccc4oc5cccc(-c6c7ccccc7cc7ccccc67)c5c34)c3ccccc23)cc1. The molecule has 1 heteroatoms. The Balaban J connectivity index is 1.39. The van der Waals surface area contributed by atoms with E-state index >= 15 is 0 Å². The summed E-state index contributed by atoms with van der Waals surface area (Å²) in [7, 11) is 0. The van der Waals surface area contributed by atoms with Gasteiger partial charge in [0.2, 0.25) is 0 Å². The highest BCUT2D eigenvalue weighted by atomic mass is 16.3. The molecule has 0 bridgehead atoms. The summed E-state index contributed by atoms with van der Waals surface area (Å²) < 4.78 is 6.72. The third-order valence-electron chi connectivity index (χ3n) is 9.83. The van der Waals surface area contributed by atoms with Crippen LogP contribution in [-0.4, -0.2) is 0 Å². The Kier molecular flexibility index (Phi) is 5.64. The van der Waals surface area contributed by atoms with Gasteiger partial charge in [0.1, 0.15) is 11.2 Å². The number of fused-ring (bicyclic) bond motifs is 7. The summed E-state index contributed by atoms with van der Waals surface area (Å²) in [4.78, 5) is 0. The third-order valence-corrected chi connectivity index (χ3v) is 9.83. The van der Waals surface area contributed by atoms with Gasteiger partial charge in [-0.3, -0.25) is 0 Å². The Morgan fingerprint density at radius 1 is 0.298 bits per heavy atom. The van der Waals surface area contributed by atoms with E-state index in [0.29, 0.717) is 0 Å². The van der Waals surface area contributed by atoms with Gasteiger partial charge in [-0.25, -0.2) is 0 Å². The fraction of sp³-hybridized carbons (Fsp3) is 0. The molecule has 218 valence electrons. The molecule has 0 saturated heterocycles. The monoisotopic (exact) mass is 596 g/mol. The first kappa shape index (κ1) is 26.1. The minimum absolute atomic E-state index is 0.898. The number of furan rings is 1. The van der Waals surface area contributed by atoms with Crippen molar-refractivity contribution in [3.63, 3.8) is 0 Å². The molecule has 0 fully saturated rings. The molecule has 0 saturated carbocycles. The fourth-order valence-corrected chi connectivity index (χ4v) is 7.92. The molecule has 0 atom stereocenters. The van der Waals surface area contributed by atoms with Crippen molar-refractivity contribution >= 4 is 65.0 Å². The number of hydrogen-bond donors (Lipinski definition) is 0. The van der Waals surface area contributed by atoms with Crippen LogP contribution in [0.15, 0.2) is 174 Å². The summed E-state index contributed by atoms with van der Waals surface area (Å²) in [5.41, 5.74) is 9.15. The van der Waals surface area contributed by atoms with Gasteiger partial charge in [0.15, 0.2) is 0 Å². The summed E-state index contributed by atoms with van der Waals surface area (Å²) in [6.07, 6.45) is 0. The highest BCUT2D eigenvalue weighted by Gasteiger charge is 2.22. The Hall–Kier alpha value is -6.18. The molecule has 1 aromatic heterocycles. The van der Waals surface area contributed by atoms with Gasteiger partial charge >= 0.3 is 0 Å². The van der Waals surface area contributed by atoms with E-state index in [1.165, 1.54) is 76.5 Å². The average molecular weight is 597 g/mol. The fourth-order valence-electron chi connectivity index (χ4n) is 7.92. The van der Waals surface area contributed by atoms with E-state index in [4.69, 9.17) is 4.42 Å². The summed E-state index contributed by atoms with van der Waals surface area (Å²) in [5.74, 6) is 0. The van der Waals surface area contributed by atoms with Crippen molar-refractivity contribution < 1.29 is 4.42 Å². The van der Waals surface area contributed by atoms with Crippen LogP contribution in [0.4, 0.5) is 0 Å². The van der Waals surface area contributed by atoms with Crippen LogP contribution in [0.5, 0.6) is 0 Å². The zero-order chi connectivity index (χ0) is 30.9. The van der Waals surface area contributed by atoms with Crippen molar-refractivity contribution in [2.45, 2.75) is 0 Å². The lowest BCUT2D eigenvalue weighted by Gasteiger charge is -2.18. The maximum atomic E-state index is 6.72. The largest absolute Gasteiger partial charge is 0.456 e. The molecule has 1 heterocycles. The van der Waals surface area contributed by atoms with Gasteiger partial charge in [-0.1, -0.05) is 152 Å². The van der Waals surface area contributed by atoms with Gasteiger partial charge in [0.25, 0.3) is 0 Å². The Morgan fingerprint density at radius 2 is 0.702 bits per heavy atom. The molecule has 0 unspecified atom stereocenters. The minimum atomic E-state index is 0.898. The van der Waals surface area contributed by atoms with Gasteiger partial charge in [0, 0.05) is 10.8 Å². The Bertz CT molecular complexity index is 2730. The second kappa shape index (κ2) is 10.2. The smallest absolute Gasteiger partial charge is 0.136 e. The predicted octanol–water partition coefficient (Wildman–Crippen LogP) is 13.2. The molecule has 0 aliphatic carbocycles. The van der Waals surface area contributed by atoms with Crippen molar-refractivity contribution in [1.82, 2.24) is 0 Å². The lowest BCUT2D eigenvalue weighted by Crippen LogP contribution is -1.91. The van der Waals surface area contributed by atoms with Crippen molar-refractivity contribution in [3.05, 3.63) is 170 Å². The van der Waals surface area contributed by atoms with Crippen LogP contribution < -0.4 is 0 Å². The number of hydrogen-bond acceptors (Lipinski definition) is 1. The summed E-state index contributed by atoms with van der Waals surface area (Å²) >= 11 is 0. The zero-order valence-corrected chi connectivity index (χ0v) is 25.6. The molecule has 0 amide bonds. The molecule has 0 aliphatic rings. The molecule has 9 aromatic carbocycles. The third kappa shape index (κ3) is 3.84. The van der Waals surface area contributed by atoms with Crippen LogP contribution in [0.2, 0.25) is 0 Å². The van der Waals surface area contributed by atoms with Crippen molar-refractivity contribution in [2.24, 2.45) is 0 Å². The zero-order valence-electron chi connectivity index (χ0n) is 25.6. The first-order valence-corrected chi connectivity index (χ1v) is 16.2. The first-order valence-electron chi connectivity index (χ1n) is 16.2. The highest BCUT2D eigenvalue weighted by Crippen LogP contribution is 2.49. The van der Waals surface area contributed by atoms with Gasteiger partial charge in [-0.05, 0) is 94.7 Å². The Labute approximate surface area is 271 Å². The molecule has 47 heavy (non-hydrogen) atoms. The van der Waals surface area contributed by atoms with Crippen LogP contribution in [0.25, 0.3) is 98.4 Å². The second-order valence-electron chi connectivity index (χ2n) is 12.4. The van der Waals surface area contributed by atoms with E-state index in [0.717, 1.165) is 21.9 Å². The molecule has 10 rings (SSSR count). The molecular weight excluding hydrogens is 569 g/mol. The minimum Gasteiger partial charge on any atom is -0.456 e. The normalized spacial score (nSPS) is 11.8. The number of rotatable bonds is 3.